The van der Waals surface area contributed by atoms with Crippen LogP contribution < -0.4 is 4.74 Å². The van der Waals surface area contributed by atoms with Crippen molar-refractivity contribution in [2.45, 2.75) is 33.3 Å². The minimum atomic E-state index is -0.0744. The molecule has 0 radical (unpaired) electrons. The standard InChI is InChI=1S/C18H22N2O3/c1-12-5-6-15(19-10-12)8-18(21)17-9-16(7-13(2)20-17)23-11-14(3)22-4/h5-7,9-10,14H,8,11H2,1-4H3/t14-/m0/s1. The summed E-state index contributed by atoms with van der Waals surface area (Å²) < 4.78 is 10.8. The highest BCUT2D eigenvalue weighted by Crippen LogP contribution is 2.16. The molecule has 122 valence electrons. The highest BCUT2D eigenvalue weighted by Gasteiger charge is 2.12. The monoisotopic (exact) mass is 314 g/mol. The Morgan fingerprint density at radius 1 is 1.26 bits per heavy atom. The number of pyridine rings is 2. The number of ketones is 1. The van der Waals surface area contributed by atoms with E-state index in [1.54, 1.807) is 19.4 Å². The van der Waals surface area contributed by atoms with Gasteiger partial charge in [0.05, 0.1) is 12.5 Å². The van der Waals surface area contributed by atoms with E-state index in [1.807, 2.05) is 39.0 Å². The Morgan fingerprint density at radius 3 is 2.70 bits per heavy atom. The van der Waals surface area contributed by atoms with Crippen LogP contribution in [0.1, 0.15) is 34.4 Å². The molecule has 0 saturated heterocycles. The van der Waals surface area contributed by atoms with Crippen LogP contribution in [0, 0.1) is 13.8 Å². The lowest BCUT2D eigenvalue weighted by molar-refractivity contribution is 0.0715. The van der Waals surface area contributed by atoms with Crippen LogP contribution in [0.3, 0.4) is 0 Å². The van der Waals surface area contributed by atoms with Gasteiger partial charge in [-0.3, -0.25) is 9.78 Å². The number of carbonyl (C=O) groups excluding carboxylic acids is 1. The van der Waals surface area contributed by atoms with E-state index in [1.165, 1.54) is 0 Å². The summed E-state index contributed by atoms with van der Waals surface area (Å²) >= 11 is 0. The first-order valence-corrected chi connectivity index (χ1v) is 7.57. The van der Waals surface area contributed by atoms with Gasteiger partial charge in [-0.15, -0.1) is 0 Å². The zero-order valence-electron chi connectivity index (χ0n) is 14.0. The SMILES string of the molecule is CO[C@@H](C)COc1cc(C)nc(C(=O)Cc2ccc(C)cn2)c1. The zero-order chi connectivity index (χ0) is 16.8. The summed E-state index contributed by atoms with van der Waals surface area (Å²) in [6.07, 6.45) is 1.97. The molecule has 0 aliphatic carbocycles. The zero-order valence-corrected chi connectivity index (χ0v) is 14.0. The number of aryl methyl sites for hydroxylation is 2. The summed E-state index contributed by atoms with van der Waals surface area (Å²) in [4.78, 5) is 21.0. The summed E-state index contributed by atoms with van der Waals surface area (Å²) in [5.41, 5.74) is 2.94. The second-order valence-corrected chi connectivity index (χ2v) is 5.61. The predicted octanol–water partition coefficient (Wildman–Crippen LogP) is 2.93. The number of aromatic nitrogens is 2. The molecule has 0 fully saturated rings. The Balaban J connectivity index is 2.10. The third kappa shape index (κ3) is 5.14. The molecule has 23 heavy (non-hydrogen) atoms. The van der Waals surface area contributed by atoms with Gasteiger partial charge in [0.15, 0.2) is 5.78 Å². The molecule has 2 aromatic rings. The van der Waals surface area contributed by atoms with Gasteiger partial charge in [0.25, 0.3) is 0 Å². The van der Waals surface area contributed by atoms with Crippen molar-refractivity contribution in [3.05, 3.63) is 53.1 Å². The fourth-order valence-corrected chi connectivity index (χ4v) is 2.00. The Hall–Kier alpha value is -2.27. The fourth-order valence-electron chi connectivity index (χ4n) is 2.00. The van der Waals surface area contributed by atoms with Gasteiger partial charge in [0, 0.05) is 36.8 Å². The number of carbonyl (C=O) groups is 1. The maximum absolute atomic E-state index is 12.4. The summed E-state index contributed by atoms with van der Waals surface area (Å²) in [7, 11) is 1.63. The molecule has 0 N–H and O–H groups in total. The minimum absolute atomic E-state index is 0.0145. The van der Waals surface area contributed by atoms with Gasteiger partial charge in [0.2, 0.25) is 0 Å². The summed E-state index contributed by atoms with van der Waals surface area (Å²) in [5, 5.41) is 0. The lowest BCUT2D eigenvalue weighted by Crippen LogP contribution is -2.16. The van der Waals surface area contributed by atoms with E-state index in [9.17, 15) is 4.79 Å². The van der Waals surface area contributed by atoms with Crippen molar-refractivity contribution in [2.75, 3.05) is 13.7 Å². The first kappa shape index (κ1) is 17.1. The van der Waals surface area contributed by atoms with Crippen molar-refractivity contribution in [3.8, 4) is 5.75 Å². The third-order valence-corrected chi connectivity index (χ3v) is 3.41. The van der Waals surface area contributed by atoms with Crippen molar-refractivity contribution < 1.29 is 14.3 Å². The van der Waals surface area contributed by atoms with Crippen LogP contribution in [0.15, 0.2) is 30.5 Å². The first-order valence-electron chi connectivity index (χ1n) is 7.57. The van der Waals surface area contributed by atoms with Crippen molar-refractivity contribution in [3.63, 3.8) is 0 Å². The molecule has 0 saturated carbocycles. The molecule has 0 aliphatic rings. The van der Waals surface area contributed by atoms with Gasteiger partial charge in [0.1, 0.15) is 18.1 Å². The average Bonchev–Trinajstić information content (AvgIpc) is 2.54. The lowest BCUT2D eigenvalue weighted by atomic mass is 10.1. The van der Waals surface area contributed by atoms with Crippen molar-refractivity contribution in [2.24, 2.45) is 0 Å². The van der Waals surface area contributed by atoms with E-state index in [4.69, 9.17) is 9.47 Å². The topological polar surface area (TPSA) is 61.3 Å². The van der Waals surface area contributed by atoms with E-state index < -0.39 is 0 Å². The predicted molar refractivity (Wildman–Crippen MR) is 87.9 cm³/mol. The molecule has 1 atom stereocenters. The van der Waals surface area contributed by atoms with Crippen LogP contribution in [0.2, 0.25) is 0 Å². The number of hydrogen-bond acceptors (Lipinski definition) is 5. The highest BCUT2D eigenvalue weighted by atomic mass is 16.5. The number of Topliss-reactive ketones (excluding diaryl/α,β-unsaturated/α-hetero) is 1. The number of rotatable bonds is 7. The van der Waals surface area contributed by atoms with Gasteiger partial charge in [-0.25, -0.2) is 4.98 Å². The number of ether oxygens (including phenoxy) is 2. The largest absolute Gasteiger partial charge is 0.491 e. The van der Waals surface area contributed by atoms with Crippen LogP contribution in [-0.4, -0.2) is 35.6 Å². The van der Waals surface area contributed by atoms with E-state index in [0.29, 0.717) is 18.1 Å². The van der Waals surface area contributed by atoms with Crippen molar-refractivity contribution in [1.29, 1.82) is 0 Å². The van der Waals surface area contributed by atoms with E-state index in [2.05, 4.69) is 9.97 Å². The molecular weight excluding hydrogens is 292 g/mol. The molecule has 0 aromatic carbocycles. The van der Waals surface area contributed by atoms with Gasteiger partial charge >= 0.3 is 0 Å². The number of hydrogen-bond donors (Lipinski definition) is 0. The molecular formula is C18H22N2O3. The molecule has 0 aliphatic heterocycles. The van der Waals surface area contributed by atoms with Crippen LogP contribution in [0.5, 0.6) is 5.75 Å². The van der Waals surface area contributed by atoms with Gasteiger partial charge in [-0.2, -0.15) is 0 Å². The second-order valence-electron chi connectivity index (χ2n) is 5.61. The van der Waals surface area contributed by atoms with Crippen LogP contribution in [0.25, 0.3) is 0 Å². The molecule has 5 nitrogen and oxygen atoms in total. The maximum atomic E-state index is 12.4. The highest BCUT2D eigenvalue weighted by molar-refractivity contribution is 5.95. The Labute approximate surface area is 136 Å². The smallest absolute Gasteiger partial charge is 0.187 e. The third-order valence-electron chi connectivity index (χ3n) is 3.41. The quantitative estimate of drug-likeness (QED) is 0.735. The van der Waals surface area contributed by atoms with Gasteiger partial charge in [-0.05, 0) is 32.4 Å². The van der Waals surface area contributed by atoms with Crippen molar-refractivity contribution in [1.82, 2.24) is 9.97 Å². The first-order chi connectivity index (χ1) is 11.0. The summed E-state index contributed by atoms with van der Waals surface area (Å²) in [6.45, 7) is 6.15. The molecule has 2 heterocycles. The Bertz CT molecular complexity index is 668. The Kier molecular flexibility index (Phi) is 5.82. The number of methoxy groups -OCH3 is 1. The van der Waals surface area contributed by atoms with E-state index in [0.717, 1.165) is 17.0 Å². The molecule has 2 rings (SSSR count). The molecule has 2 aromatic heterocycles. The van der Waals surface area contributed by atoms with Crippen molar-refractivity contribution >= 4 is 5.78 Å². The van der Waals surface area contributed by atoms with E-state index in [-0.39, 0.29) is 18.3 Å². The van der Waals surface area contributed by atoms with Gasteiger partial charge < -0.3 is 9.47 Å². The van der Waals surface area contributed by atoms with E-state index >= 15 is 0 Å². The summed E-state index contributed by atoms with van der Waals surface area (Å²) in [5.74, 6) is 0.552. The average molecular weight is 314 g/mol. The fraction of sp³-hybridized carbons (Fsp3) is 0.389. The summed E-state index contributed by atoms with van der Waals surface area (Å²) in [6, 6.07) is 7.29. The molecule has 0 amide bonds. The normalized spacial score (nSPS) is 12.0. The maximum Gasteiger partial charge on any atom is 0.187 e. The van der Waals surface area contributed by atoms with Crippen LogP contribution in [-0.2, 0) is 11.2 Å². The minimum Gasteiger partial charge on any atom is -0.491 e. The van der Waals surface area contributed by atoms with Gasteiger partial charge in [-0.1, -0.05) is 6.07 Å². The molecule has 0 unspecified atom stereocenters. The van der Waals surface area contributed by atoms with Crippen LogP contribution >= 0.6 is 0 Å². The second kappa shape index (κ2) is 7.83. The molecule has 5 heteroatoms. The molecule has 0 spiro atoms. The van der Waals surface area contributed by atoms with Crippen LogP contribution in [0.4, 0.5) is 0 Å². The number of nitrogens with zero attached hydrogens (tertiary/aromatic N) is 2. The molecule has 0 bridgehead atoms. The lowest BCUT2D eigenvalue weighted by Gasteiger charge is -2.12. The Morgan fingerprint density at radius 2 is 2.04 bits per heavy atom.